The van der Waals surface area contributed by atoms with E-state index in [0.717, 1.165) is 36.4 Å². The second-order valence-corrected chi connectivity index (χ2v) is 10.0. The molecule has 4 N–H and O–H groups in total. The second kappa shape index (κ2) is 12.7. The first-order chi connectivity index (χ1) is 19.6. The second-order valence-electron chi connectivity index (χ2n) is 10.0. The van der Waals surface area contributed by atoms with Gasteiger partial charge in [0.2, 0.25) is 0 Å². The van der Waals surface area contributed by atoms with Crippen LogP contribution in [-0.4, -0.2) is 45.8 Å². The Bertz CT molecular complexity index is 1560. The number of benzene rings is 2. The lowest BCUT2D eigenvalue weighted by atomic mass is 10.0. The summed E-state index contributed by atoms with van der Waals surface area (Å²) in [7, 11) is 0. The number of carbonyl (C=O) groups is 3. The minimum atomic E-state index is -1.33. The van der Waals surface area contributed by atoms with E-state index in [9.17, 15) is 33.1 Å². The molecular formula is C28H27F4N3O7. The maximum absolute atomic E-state index is 15.1. The molecule has 0 saturated heterocycles. The molecule has 0 bridgehead atoms. The number of aromatic nitrogens is 1. The minimum Gasteiger partial charge on any atom is -0.493 e. The fourth-order valence-corrected chi connectivity index (χ4v) is 3.82. The minimum absolute atomic E-state index is 0.0499. The summed E-state index contributed by atoms with van der Waals surface area (Å²) in [4.78, 5) is 48.7. The van der Waals surface area contributed by atoms with Gasteiger partial charge in [-0.25, -0.2) is 27.2 Å². The number of ether oxygens (including phenoxy) is 2. The number of hydrogen-bond donors (Lipinski definition) is 3. The highest BCUT2D eigenvalue weighted by molar-refractivity contribution is 6.11. The van der Waals surface area contributed by atoms with Crippen LogP contribution >= 0.6 is 0 Å². The first kappa shape index (κ1) is 31.6. The molecule has 42 heavy (non-hydrogen) atoms. The lowest BCUT2D eigenvalue weighted by molar-refractivity contribution is -0.139. The van der Waals surface area contributed by atoms with Gasteiger partial charge in [-0.3, -0.25) is 14.2 Å². The van der Waals surface area contributed by atoms with Crippen molar-refractivity contribution in [2.24, 2.45) is 0 Å². The standard InChI is InChI=1S/C28H27F4N3O7/c1-28(2,3)42-27(40)34-21(26(38)39)5-4-10-41-15-12-19(31)23(20(32)13-15)35-22(36)9-8-17(25(35)33)24(37)16-7-6-14(29)11-18(16)30/h6-9,11-13,21H,4-5,10,33H2,1-3H3,(H,34,40)(H,38,39)/t21-/m0/s1. The third-order valence-corrected chi connectivity index (χ3v) is 5.66. The number of carboxylic acid groups (broad SMARTS) is 1. The molecule has 1 amide bonds. The molecule has 0 fully saturated rings. The molecule has 0 aliphatic heterocycles. The van der Waals surface area contributed by atoms with Gasteiger partial charge in [0.25, 0.3) is 5.56 Å². The summed E-state index contributed by atoms with van der Waals surface area (Å²) in [5.41, 5.74) is 2.09. The van der Waals surface area contributed by atoms with Crippen molar-refractivity contribution < 1.29 is 46.5 Å². The molecule has 2 aromatic carbocycles. The molecule has 3 aromatic rings. The van der Waals surface area contributed by atoms with Crippen molar-refractivity contribution in [3.8, 4) is 11.4 Å². The third kappa shape index (κ3) is 7.65. The fraction of sp³-hybridized carbons (Fsp3) is 0.286. The van der Waals surface area contributed by atoms with Gasteiger partial charge in [-0.1, -0.05) is 0 Å². The van der Waals surface area contributed by atoms with Crippen molar-refractivity contribution in [2.75, 3.05) is 12.3 Å². The van der Waals surface area contributed by atoms with Gasteiger partial charge < -0.3 is 25.6 Å². The zero-order valence-electron chi connectivity index (χ0n) is 22.7. The summed E-state index contributed by atoms with van der Waals surface area (Å²) < 4.78 is 68.3. The number of nitrogen functional groups attached to an aromatic ring is 1. The van der Waals surface area contributed by atoms with Gasteiger partial charge >= 0.3 is 12.1 Å². The van der Waals surface area contributed by atoms with E-state index in [4.69, 9.17) is 15.2 Å². The molecule has 0 saturated carbocycles. The molecule has 0 aliphatic rings. The van der Waals surface area contributed by atoms with Crippen molar-refractivity contribution in [1.82, 2.24) is 9.88 Å². The highest BCUT2D eigenvalue weighted by atomic mass is 19.1. The lowest BCUT2D eigenvalue weighted by Crippen LogP contribution is -2.43. The Morgan fingerprint density at radius 2 is 1.60 bits per heavy atom. The molecule has 1 atom stereocenters. The number of nitrogens with zero attached hydrogens (tertiary/aromatic N) is 1. The zero-order valence-corrected chi connectivity index (χ0v) is 22.7. The maximum atomic E-state index is 15.1. The summed E-state index contributed by atoms with van der Waals surface area (Å²) in [5.74, 6) is -8.13. The van der Waals surface area contributed by atoms with Crippen LogP contribution in [0.3, 0.4) is 0 Å². The van der Waals surface area contributed by atoms with E-state index in [0.29, 0.717) is 10.6 Å². The first-order valence-electron chi connectivity index (χ1n) is 12.4. The SMILES string of the molecule is CC(C)(C)OC(=O)N[C@@H](CCCOc1cc(F)c(-n2c(N)c(C(=O)c3ccc(F)cc3F)ccc2=O)c(F)c1)C(=O)O. The topological polar surface area (TPSA) is 150 Å². The largest absolute Gasteiger partial charge is 0.493 e. The van der Waals surface area contributed by atoms with Crippen molar-refractivity contribution in [3.05, 3.63) is 87.2 Å². The molecule has 0 unspecified atom stereocenters. The predicted octanol–water partition coefficient (Wildman–Crippen LogP) is 4.34. The van der Waals surface area contributed by atoms with Gasteiger partial charge in [0.1, 0.15) is 40.5 Å². The smallest absolute Gasteiger partial charge is 0.408 e. The quantitative estimate of drug-likeness (QED) is 0.179. The van der Waals surface area contributed by atoms with E-state index in [1.807, 2.05) is 0 Å². The Labute approximate surface area is 236 Å². The summed E-state index contributed by atoms with van der Waals surface area (Å²) in [6, 6.07) is 4.09. The molecule has 10 nitrogen and oxygen atoms in total. The number of carboxylic acids is 1. The number of ketones is 1. The molecular weight excluding hydrogens is 566 g/mol. The van der Waals surface area contributed by atoms with Gasteiger partial charge in [-0.05, 0) is 51.8 Å². The summed E-state index contributed by atoms with van der Waals surface area (Å²) in [6.07, 6.45) is -0.980. The van der Waals surface area contributed by atoms with E-state index in [1.54, 1.807) is 20.8 Å². The number of alkyl carbamates (subject to hydrolysis) is 1. The molecule has 1 heterocycles. The number of carbonyl (C=O) groups excluding carboxylic acids is 2. The Balaban J connectivity index is 1.77. The van der Waals surface area contributed by atoms with Crippen LogP contribution in [0.2, 0.25) is 0 Å². The zero-order chi connectivity index (χ0) is 31.4. The van der Waals surface area contributed by atoms with Crippen LogP contribution in [0.15, 0.2) is 47.3 Å². The molecule has 0 radical (unpaired) electrons. The Kier molecular flexibility index (Phi) is 9.60. The van der Waals surface area contributed by atoms with E-state index in [1.165, 1.54) is 0 Å². The third-order valence-electron chi connectivity index (χ3n) is 5.66. The van der Waals surface area contributed by atoms with E-state index < -0.39 is 80.9 Å². The van der Waals surface area contributed by atoms with Gasteiger partial charge in [0, 0.05) is 24.3 Å². The number of pyridine rings is 1. The van der Waals surface area contributed by atoms with Crippen LogP contribution in [0.5, 0.6) is 5.75 Å². The molecule has 1 aromatic heterocycles. The van der Waals surface area contributed by atoms with Crippen molar-refractivity contribution in [2.45, 2.75) is 45.3 Å². The molecule has 3 rings (SSSR count). The van der Waals surface area contributed by atoms with Crippen LogP contribution in [0.25, 0.3) is 5.69 Å². The lowest BCUT2D eigenvalue weighted by Gasteiger charge is -2.22. The van der Waals surface area contributed by atoms with Crippen molar-refractivity contribution >= 4 is 23.7 Å². The first-order valence-corrected chi connectivity index (χ1v) is 12.4. The van der Waals surface area contributed by atoms with Crippen LogP contribution in [0.1, 0.15) is 49.5 Å². The van der Waals surface area contributed by atoms with Crippen LogP contribution in [0, 0.1) is 23.3 Å². The fourth-order valence-electron chi connectivity index (χ4n) is 3.82. The van der Waals surface area contributed by atoms with Crippen molar-refractivity contribution in [3.63, 3.8) is 0 Å². The Morgan fingerprint density at radius 3 is 2.17 bits per heavy atom. The van der Waals surface area contributed by atoms with Gasteiger partial charge in [-0.15, -0.1) is 0 Å². The van der Waals surface area contributed by atoms with Gasteiger partial charge in [0.05, 0.1) is 17.7 Å². The average molecular weight is 594 g/mol. The number of halogens is 4. The van der Waals surface area contributed by atoms with Gasteiger partial charge in [-0.2, -0.15) is 0 Å². The number of hydrogen-bond acceptors (Lipinski definition) is 7. The predicted molar refractivity (Wildman–Crippen MR) is 142 cm³/mol. The molecule has 224 valence electrons. The summed E-state index contributed by atoms with van der Waals surface area (Å²) in [5, 5.41) is 11.5. The van der Waals surface area contributed by atoms with Crippen LogP contribution in [0.4, 0.5) is 28.2 Å². The number of rotatable bonds is 10. The van der Waals surface area contributed by atoms with E-state index >= 15 is 8.78 Å². The van der Waals surface area contributed by atoms with E-state index in [2.05, 4.69) is 5.32 Å². The number of nitrogens with two attached hydrogens (primary N) is 1. The molecule has 14 heteroatoms. The van der Waals surface area contributed by atoms with Crippen LogP contribution < -0.4 is 21.3 Å². The monoisotopic (exact) mass is 593 g/mol. The van der Waals surface area contributed by atoms with Crippen molar-refractivity contribution in [1.29, 1.82) is 0 Å². The summed E-state index contributed by atoms with van der Waals surface area (Å²) >= 11 is 0. The maximum Gasteiger partial charge on any atom is 0.408 e. The number of anilines is 1. The average Bonchev–Trinajstić information content (AvgIpc) is 2.85. The molecule has 0 spiro atoms. The number of nitrogens with one attached hydrogen (secondary N) is 1. The normalized spacial score (nSPS) is 12.0. The number of amides is 1. The Morgan fingerprint density at radius 1 is 0.976 bits per heavy atom. The van der Waals surface area contributed by atoms with Crippen LogP contribution in [-0.2, 0) is 9.53 Å². The highest BCUT2D eigenvalue weighted by Gasteiger charge is 2.25. The van der Waals surface area contributed by atoms with Gasteiger partial charge in [0.15, 0.2) is 17.4 Å². The van der Waals surface area contributed by atoms with E-state index in [-0.39, 0.29) is 25.2 Å². The Hall–Kier alpha value is -4.88. The summed E-state index contributed by atoms with van der Waals surface area (Å²) in [6.45, 7) is 4.62. The highest BCUT2D eigenvalue weighted by Crippen LogP contribution is 2.27. The number of aliphatic carboxylic acids is 1. The molecule has 0 aliphatic carbocycles.